The van der Waals surface area contributed by atoms with Crippen LogP contribution in [0.3, 0.4) is 0 Å². The lowest BCUT2D eigenvalue weighted by Crippen LogP contribution is -2.38. The second-order valence-electron chi connectivity index (χ2n) is 5.08. The zero-order valence-electron chi connectivity index (χ0n) is 12.9. The predicted octanol–water partition coefficient (Wildman–Crippen LogP) is 4.00. The molecule has 0 aromatic carbocycles. The van der Waals surface area contributed by atoms with E-state index in [-0.39, 0.29) is 5.28 Å². The van der Waals surface area contributed by atoms with E-state index in [1.54, 1.807) is 0 Å². The van der Waals surface area contributed by atoms with Gasteiger partial charge in [0, 0.05) is 20.1 Å². The maximum Gasteiger partial charge on any atom is 0.224 e. The molecule has 0 saturated carbocycles. The highest BCUT2D eigenvalue weighted by Crippen LogP contribution is 2.22. The summed E-state index contributed by atoms with van der Waals surface area (Å²) in [5.74, 6) is 1.44. The Morgan fingerprint density at radius 2 is 2.09 bits per heavy atom. The molecule has 7 heteroatoms. The monoisotopic (exact) mass is 341 g/mol. The van der Waals surface area contributed by atoms with Crippen molar-refractivity contribution in [1.82, 2.24) is 14.9 Å². The van der Waals surface area contributed by atoms with Crippen molar-refractivity contribution >= 4 is 34.9 Å². The number of likely N-dealkylation sites (tertiary alicyclic amines) is 1. The molecule has 1 fully saturated rings. The van der Waals surface area contributed by atoms with Crippen molar-refractivity contribution in [3.63, 3.8) is 0 Å². The first-order valence-corrected chi connectivity index (χ1v) is 8.28. The van der Waals surface area contributed by atoms with Crippen LogP contribution in [0.25, 0.3) is 0 Å². The molecular formula is C15H21Cl2N5. The third-order valence-corrected chi connectivity index (χ3v) is 3.94. The average molecular weight is 342 g/mol. The molecule has 2 heterocycles. The third-order valence-electron chi connectivity index (χ3n) is 3.48. The molecule has 1 N–H and O–H groups in total. The van der Waals surface area contributed by atoms with Crippen molar-refractivity contribution in [1.29, 1.82) is 0 Å². The molecule has 0 atom stereocenters. The van der Waals surface area contributed by atoms with E-state index in [1.165, 1.54) is 25.5 Å². The number of hydrogen-bond donors (Lipinski definition) is 1. The minimum Gasteiger partial charge on any atom is -0.355 e. The molecule has 2 rings (SSSR count). The Bertz CT molecular complexity index is 565. The summed E-state index contributed by atoms with van der Waals surface area (Å²) < 4.78 is 0. The first kappa shape index (κ1) is 17.0. The number of aromatic nitrogens is 2. The number of nitrogens with zero attached hydrogens (tertiary/aromatic N) is 4. The van der Waals surface area contributed by atoms with Gasteiger partial charge in [0.25, 0.3) is 0 Å². The van der Waals surface area contributed by atoms with Crippen LogP contribution in [0.5, 0.6) is 0 Å². The zero-order valence-corrected chi connectivity index (χ0v) is 14.5. The molecule has 0 aliphatic carbocycles. The molecule has 1 aliphatic rings. The second kappa shape index (κ2) is 8.34. The third kappa shape index (κ3) is 4.34. The maximum absolute atomic E-state index is 6.15. The molecule has 22 heavy (non-hydrogen) atoms. The minimum atomic E-state index is 0.163. The molecule has 0 spiro atoms. The van der Waals surface area contributed by atoms with Crippen molar-refractivity contribution in [2.24, 2.45) is 4.99 Å². The van der Waals surface area contributed by atoms with Crippen LogP contribution >= 0.6 is 23.2 Å². The lowest BCUT2D eigenvalue weighted by molar-refractivity contribution is 0.342. The van der Waals surface area contributed by atoms with Gasteiger partial charge in [0.1, 0.15) is 10.9 Å². The molecule has 0 amide bonds. The lowest BCUT2D eigenvalue weighted by atomic mass is 10.1. The summed E-state index contributed by atoms with van der Waals surface area (Å²) in [4.78, 5) is 14.8. The number of halogens is 2. The van der Waals surface area contributed by atoms with Gasteiger partial charge in [-0.15, -0.1) is 0 Å². The summed E-state index contributed by atoms with van der Waals surface area (Å²) in [5, 5.41) is 3.85. The van der Waals surface area contributed by atoms with Crippen molar-refractivity contribution in [2.45, 2.75) is 32.6 Å². The summed E-state index contributed by atoms with van der Waals surface area (Å²) in [6.45, 7) is 4.13. The molecule has 0 radical (unpaired) electrons. The van der Waals surface area contributed by atoms with Crippen LogP contribution in [0.4, 0.5) is 5.82 Å². The number of hydrogen-bond acceptors (Lipinski definition) is 4. The highest BCUT2D eigenvalue weighted by molar-refractivity contribution is 6.33. The fourth-order valence-electron chi connectivity index (χ4n) is 2.50. The number of rotatable bonds is 4. The number of aliphatic imine (C=N–C) groups is 1. The van der Waals surface area contributed by atoms with Gasteiger partial charge in [0.15, 0.2) is 5.82 Å². The van der Waals surface area contributed by atoms with Crippen LogP contribution in [-0.2, 0) is 0 Å². The number of nitrogens with one attached hydrogen (secondary N) is 1. The van der Waals surface area contributed by atoms with Gasteiger partial charge in [-0.25, -0.2) is 4.98 Å². The fourth-order valence-corrected chi connectivity index (χ4v) is 2.77. The number of piperidine rings is 1. The fraction of sp³-hybridized carbons (Fsp3) is 0.533. The normalized spacial score (nSPS) is 16.8. The molecular weight excluding hydrogens is 321 g/mol. The van der Waals surface area contributed by atoms with Gasteiger partial charge in [-0.1, -0.05) is 24.6 Å². The van der Waals surface area contributed by atoms with Gasteiger partial charge in [-0.2, -0.15) is 4.98 Å². The van der Waals surface area contributed by atoms with E-state index in [1.807, 2.05) is 7.05 Å². The molecule has 0 bridgehead atoms. The van der Waals surface area contributed by atoms with Crippen molar-refractivity contribution in [3.05, 3.63) is 28.3 Å². The van der Waals surface area contributed by atoms with Crippen LogP contribution in [0.1, 0.15) is 32.6 Å². The van der Waals surface area contributed by atoms with Gasteiger partial charge in [0.05, 0.1) is 11.9 Å². The largest absolute Gasteiger partial charge is 0.355 e. The Labute approximate surface area is 141 Å². The van der Waals surface area contributed by atoms with Gasteiger partial charge in [-0.3, -0.25) is 4.99 Å². The molecule has 1 aromatic heterocycles. The Kier molecular flexibility index (Phi) is 6.46. The topological polar surface area (TPSA) is 53.4 Å². The summed E-state index contributed by atoms with van der Waals surface area (Å²) in [6, 6.07) is 0. The van der Waals surface area contributed by atoms with E-state index in [2.05, 4.69) is 38.2 Å². The van der Waals surface area contributed by atoms with Gasteiger partial charge in [0.2, 0.25) is 5.28 Å². The SMILES string of the molecule is CC/C=C(/Nc1nc(Cl)ncc1Cl)C(=NC)N1CCCCC1. The maximum atomic E-state index is 6.15. The van der Waals surface area contributed by atoms with Crippen LogP contribution in [0.15, 0.2) is 23.0 Å². The van der Waals surface area contributed by atoms with Gasteiger partial charge < -0.3 is 10.2 Å². The average Bonchev–Trinajstić information content (AvgIpc) is 2.53. The Hall–Kier alpha value is -1.33. The van der Waals surface area contributed by atoms with Gasteiger partial charge >= 0.3 is 0 Å². The number of anilines is 1. The minimum absolute atomic E-state index is 0.163. The highest BCUT2D eigenvalue weighted by Gasteiger charge is 2.19. The van der Waals surface area contributed by atoms with E-state index >= 15 is 0 Å². The van der Waals surface area contributed by atoms with E-state index in [9.17, 15) is 0 Å². The molecule has 1 aliphatic heterocycles. The van der Waals surface area contributed by atoms with Crippen molar-refractivity contribution < 1.29 is 0 Å². The molecule has 1 aromatic rings. The van der Waals surface area contributed by atoms with E-state index in [0.717, 1.165) is 31.0 Å². The summed E-state index contributed by atoms with van der Waals surface area (Å²) in [5.41, 5.74) is 0.906. The summed E-state index contributed by atoms with van der Waals surface area (Å²) >= 11 is 12.0. The molecule has 120 valence electrons. The first-order valence-electron chi connectivity index (χ1n) is 7.53. The van der Waals surface area contributed by atoms with Gasteiger partial charge in [-0.05, 0) is 37.3 Å². The zero-order chi connectivity index (χ0) is 15.9. The smallest absolute Gasteiger partial charge is 0.224 e. The first-order chi connectivity index (χ1) is 10.7. The van der Waals surface area contributed by atoms with Crippen LogP contribution in [0, 0.1) is 0 Å². The van der Waals surface area contributed by atoms with Crippen LogP contribution < -0.4 is 5.32 Å². The quantitative estimate of drug-likeness (QED) is 0.510. The van der Waals surface area contributed by atoms with E-state index in [4.69, 9.17) is 23.2 Å². The lowest BCUT2D eigenvalue weighted by Gasteiger charge is -2.31. The Balaban J connectivity index is 2.25. The Morgan fingerprint density at radius 3 is 2.73 bits per heavy atom. The predicted molar refractivity (Wildman–Crippen MR) is 92.8 cm³/mol. The second-order valence-corrected chi connectivity index (χ2v) is 5.83. The van der Waals surface area contributed by atoms with E-state index in [0.29, 0.717) is 10.8 Å². The van der Waals surface area contributed by atoms with Crippen LogP contribution in [-0.4, -0.2) is 40.8 Å². The molecule has 0 unspecified atom stereocenters. The highest BCUT2D eigenvalue weighted by atomic mass is 35.5. The number of allylic oxidation sites excluding steroid dienone is 1. The van der Waals surface area contributed by atoms with E-state index < -0.39 is 0 Å². The van der Waals surface area contributed by atoms with Crippen molar-refractivity contribution in [3.8, 4) is 0 Å². The number of amidine groups is 1. The molecule has 5 nitrogen and oxygen atoms in total. The van der Waals surface area contributed by atoms with Crippen LogP contribution in [0.2, 0.25) is 10.3 Å². The van der Waals surface area contributed by atoms with Crippen molar-refractivity contribution in [2.75, 3.05) is 25.5 Å². The Morgan fingerprint density at radius 1 is 1.36 bits per heavy atom. The summed E-state index contributed by atoms with van der Waals surface area (Å²) in [7, 11) is 1.81. The standard InChI is InChI=1S/C15H21Cl2N5/c1-3-7-12(14(18-2)22-8-5-4-6-9-22)20-13-11(16)10-19-15(17)21-13/h7,10H,3-6,8-9H2,1-2H3,(H,19,20,21)/b12-7+,18-14?. The molecule has 1 saturated heterocycles. The summed E-state index contributed by atoms with van der Waals surface area (Å²) in [6.07, 6.45) is 8.12.